The summed E-state index contributed by atoms with van der Waals surface area (Å²) < 4.78 is 0. The smallest absolute Gasteiger partial charge is 0.124 e. The fourth-order valence-electron chi connectivity index (χ4n) is 2.75. The van der Waals surface area contributed by atoms with Gasteiger partial charge in [0.15, 0.2) is 0 Å². The van der Waals surface area contributed by atoms with Crippen molar-refractivity contribution in [3.63, 3.8) is 0 Å². The fraction of sp³-hybridized carbons (Fsp3) is 0.400. The van der Waals surface area contributed by atoms with E-state index in [1.54, 1.807) is 0 Å². The lowest BCUT2D eigenvalue weighted by Crippen LogP contribution is -2.20. The maximum absolute atomic E-state index is 10.9. The zero-order valence-corrected chi connectivity index (χ0v) is 15.6. The number of hydrogen-bond acceptors (Lipinski definition) is 1. The molecule has 0 amide bonds. The van der Waals surface area contributed by atoms with Gasteiger partial charge in [0.05, 0.1) is 0 Å². The number of para-hydroxylation sites is 1. The van der Waals surface area contributed by atoms with E-state index in [4.69, 9.17) is 0 Å². The van der Waals surface area contributed by atoms with E-state index in [0.717, 1.165) is 11.1 Å². The molecule has 118 valence electrons. The number of alkyl halides is 1. The van der Waals surface area contributed by atoms with Crippen LogP contribution in [0.2, 0.25) is 0 Å². The van der Waals surface area contributed by atoms with Crippen LogP contribution in [0.4, 0.5) is 0 Å². The molecule has 1 nitrogen and oxygen atoms in total. The summed E-state index contributed by atoms with van der Waals surface area (Å²) in [7, 11) is 0. The van der Waals surface area contributed by atoms with E-state index < -0.39 is 0 Å². The lowest BCUT2D eigenvalue weighted by Gasteiger charge is -2.31. The van der Waals surface area contributed by atoms with E-state index in [9.17, 15) is 5.11 Å². The van der Waals surface area contributed by atoms with Crippen LogP contribution in [0.5, 0.6) is 5.75 Å². The molecule has 0 aliphatic rings. The first-order chi connectivity index (χ1) is 10.2. The highest BCUT2D eigenvalue weighted by Gasteiger charge is 2.31. The van der Waals surface area contributed by atoms with Crippen molar-refractivity contribution >= 4 is 15.9 Å². The maximum Gasteiger partial charge on any atom is 0.124 e. The number of hydrogen-bond donors (Lipinski definition) is 1. The molecule has 0 aromatic heterocycles. The van der Waals surface area contributed by atoms with Gasteiger partial charge in [0, 0.05) is 21.4 Å². The maximum atomic E-state index is 10.9. The largest absolute Gasteiger partial charge is 0.507 e. The Bertz CT molecular complexity index is 639. The van der Waals surface area contributed by atoms with Crippen LogP contribution in [-0.2, 0) is 5.41 Å². The fourth-order valence-corrected chi connectivity index (χ4v) is 3.12. The molecule has 0 bridgehead atoms. The third-order valence-electron chi connectivity index (χ3n) is 4.27. The number of phenols is 1. The number of phenolic OH excluding ortho intramolecular Hbond substituents is 1. The molecule has 0 heterocycles. The second-order valence-corrected chi connectivity index (χ2v) is 8.38. The minimum absolute atomic E-state index is 0.0347. The standard InChI is InChI=1S/C20H25BrO/c1-19(2,3)18(21)15-12-9-13-16(17(15)22)20(4,5)14-10-7-6-8-11-14/h6-13,18,22H,1-5H3. The Morgan fingerprint density at radius 1 is 0.864 bits per heavy atom. The van der Waals surface area contributed by atoms with E-state index in [-0.39, 0.29) is 15.7 Å². The third-order valence-corrected chi connectivity index (χ3v) is 6.14. The summed E-state index contributed by atoms with van der Waals surface area (Å²) in [6.07, 6.45) is 0. The Morgan fingerprint density at radius 2 is 1.45 bits per heavy atom. The summed E-state index contributed by atoms with van der Waals surface area (Å²) in [4.78, 5) is 0.103. The highest BCUT2D eigenvalue weighted by molar-refractivity contribution is 9.09. The minimum Gasteiger partial charge on any atom is -0.507 e. The van der Waals surface area contributed by atoms with Crippen molar-refractivity contribution in [1.29, 1.82) is 0 Å². The first kappa shape index (κ1) is 17.1. The number of halogens is 1. The molecule has 1 atom stereocenters. The van der Waals surface area contributed by atoms with Gasteiger partial charge >= 0.3 is 0 Å². The summed E-state index contributed by atoms with van der Waals surface area (Å²) in [5.74, 6) is 0.396. The second kappa shape index (κ2) is 6.08. The monoisotopic (exact) mass is 360 g/mol. The Labute approximate surface area is 142 Å². The summed E-state index contributed by atoms with van der Waals surface area (Å²) in [6, 6.07) is 16.4. The predicted molar refractivity (Wildman–Crippen MR) is 97.8 cm³/mol. The molecule has 1 unspecified atom stereocenters. The van der Waals surface area contributed by atoms with Gasteiger partial charge in [-0.1, -0.05) is 99.1 Å². The Kier molecular flexibility index (Phi) is 4.72. The van der Waals surface area contributed by atoms with Crippen LogP contribution in [0.1, 0.15) is 56.1 Å². The normalized spacial score (nSPS) is 13.9. The molecule has 0 aliphatic heterocycles. The SMILES string of the molecule is CC(C)(c1ccccc1)c1cccc(C(Br)C(C)(C)C)c1O. The molecule has 0 fully saturated rings. The molecule has 2 aromatic rings. The third kappa shape index (κ3) is 3.22. The van der Waals surface area contributed by atoms with Crippen LogP contribution in [0.25, 0.3) is 0 Å². The van der Waals surface area contributed by atoms with Crippen LogP contribution in [-0.4, -0.2) is 5.11 Å². The molecule has 2 aromatic carbocycles. The minimum atomic E-state index is -0.244. The van der Waals surface area contributed by atoms with E-state index in [1.165, 1.54) is 5.56 Å². The van der Waals surface area contributed by atoms with Gasteiger partial charge < -0.3 is 5.11 Å². The summed E-state index contributed by atoms with van der Waals surface area (Å²) in [5, 5.41) is 10.9. The lowest BCUT2D eigenvalue weighted by molar-refractivity contribution is 0.386. The van der Waals surface area contributed by atoms with Crippen LogP contribution >= 0.6 is 15.9 Å². The van der Waals surface area contributed by atoms with Crippen molar-refractivity contribution < 1.29 is 5.11 Å². The molecule has 0 aliphatic carbocycles. The lowest BCUT2D eigenvalue weighted by atomic mass is 9.76. The molecular weight excluding hydrogens is 336 g/mol. The molecule has 2 heteroatoms. The predicted octanol–water partition coefficient (Wildman–Crippen LogP) is 6.20. The Balaban J connectivity index is 2.54. The van der Waals surface area contributed by atoms with Crippen molar-refractivity contribution in [3.8, 4) is 5.75 Å². The average molecular weight is 361 g/mol. The van der Waals surface area contributed by atoms with Gasteiger partial charge in [-0.05, 0) is 11.0 Å². The number of aromatic hydroxyl groups is 1. The molecule has 22 heavy (non-hydrogen) atoms. The molecular formula is C20H25BrO. The van der Waals surface area contributed by atoms with Gasteiger partial charge in [0.2, 0.25) is 0 Å². The molecule has 0 saturated heterocycles. The zero-order chi connectivity index (χ0) is 16.5. The Morgan fingerprint density at radius 3 is 2.00 bits per heavy atom. The number of rotatable bonds is 3. The van der Waals surface area contributed by atoms with E-state index in [0.29, 0.717) is 5.75 Å². The summed E-state index contributed by atoms with van der Waals surface area (Å²) in [5.41, 5.74) is 2.90. The average Bonchev–Trinajstić information content (AvgIpc) is 2.46. The van der Waals surface area contributed by atoms with Crippen LogP contribution in [0.15, 0.2) is 48.5 Å². The highest BCUT2D eigenvalue weighted by atomic mass is 79.9. The van der Waals surface area contributed by atoms with Crippen molar-refractivity contribution in [3.05, 3.63) is 65.2 Å². The van der Waals surface area contributed by atoms with Crippen molar-refractivity contribution in [2.24, 2.45) is 5.41 Å². The van der Waals surface area contributed by atoms with E-state index in [2.05, 4.69) is 62.7 Å². The van der Waals surface area contributed by atoms with Gasteiger partial charge in [0.25, 0.3) is 0 Å². The molecule has 0 spiro atoms. The van der Waals surface area contributed by atoms with E-state index >= 15 is 0 Å². The topological polar surface area (TPSA) is 20.2 Å². The summed E-state index contributed by atoms with van der Waals surface area (Å²) >= 11 is 3.75. The zero-order valence-electron chi connectivity index (χ0n) is 14.0. The number of benzene rings is 2. The van der Waals surface area contributed by atoms with Gasteiger partial charge in [-0.2, -0.15) is 0 Å². The van der Waals surface area contributed by atoms with Crippen LogP contribution in [0.3, 0.4) is 0 Å². The van der Waals surface area contributed by atoms with Crippen LogP contribution in [0, 0.1) is 5.41 Å². The molecule has 2 rings (SSSR count). The first-order valence-corrected chi connectivity index (χ1v) is 8.59. The quantitative estimate of drug-likeness (QED) is 0.645. The van der Waals surface area contributed by atoms with E-state index in [1.807, 2.05) is 36.4 Å². The van der Waals surface area contributed by atoms with Gasteiger partial charge in [-0.15, -0.1) is 0 Å². The van der Waals surface area contributed by atoms with Gasteiger partial charge in [-0.25, -0.2) is 0 Å². The molecule has 0 radical (unpaired) electrons. The van der Waals surface area contributed by atoms with Crippen molar-refractivity contribution in [2.45, 2.75) is 44.9 Å². The first-order valence-electron chi connectivity index (χ1n) is 7.67. The van der Waals surface area contributed by atoms with Gasteiger partial charge in [0.1, 0.15) is 5.75 Å². The van der Waals surface area contributed by atoms with Gasteiger partial charge in [-0.3, -0.25) is 0 Å². The highest BCUT2D eigenvalue weighted by Crippen LogP contribution is 2.47. The second-order valence-electron chi connectivity index (χ2n) is 7.46. The Hall–Kier alpha value is -1.28. The van der Waals surface area contributed by atoms with Crippen molar-refractivity contribution in [1.82, 2.24) is 0 Å². The summed E-state index contributed by atoms with van der Waals surface area (Å²) in [6.45, 7) is 10.8. The van der Waals surface area contributed by atoms with Crippen molar-refractivity contribution in [2.75, 3.05) is 0 Å². The molecule has 0 saturated carbocycles. The van der Waals surface area contributed by atoms with Crippen LogP contribution < -0.4 is 0 Å². The molecule has 1 N–H and O–H groups in total.